The van der Waals surface area contributed by atoms with Crippen molar-refractivity contribution in [2.45, 2.75) is 66.3 Å². The number of fused-ring (bicyclic) bond motifs is 18. The van der Waals surface area contributed by atoms with Crippen molar-refractivity contribution in [3.63, 3.8) is 0 Å². The Morgan fingerprint density at radius 1 is 0.229 bits per heavy atom. The van der Waals surface area contributed by atoms with Crippen molar-refractivity contribution in [2.24, 2.45) is 7.05 Å². The van der Waals surface area contributed by atoms with Gasteiger partial charge < -0.3 is 70.0 Å². The molecule has 0 spiro atoms. The molecular weight excluding hydrogens is 1620 g/mol. The first-order chi connectivity index (χ1) is 64.2. The van der Waals surface area contributed by atoms with Crippen LogP contribution < -0.4 is 42.6 Å². The minimum absolute atomic E-state index is 0.543. The molecule has 131 heavy (non-hydrogen) atoms. The third-order valence-electron chi connectivity index (χ3n) is 25.0. The fourth-order valence-corrected chi connectivity index (χ4v) is 18.4. The Kier molecular flexibility index (Phi) is 26.1. The van der Waals surface area contributed by atoms with Gasteiger partial charge in [0.1, 0.15) is 17.2 Å². The molecule has 0 aliphatic rings. The summed E-state index contributed by atoms with van der Waals surface area (Å²) in [6.45, 7) is 11.9. The summed E-state index contributed by atoms with van der Waals surface area (Å²) in [6, 6.07) is 119. The first-order valence-electron chi connectivity index (χ1n) is 44.6. The molecule has 0 atom stereocenters. The smallest absolute Gasteiger partial charge is 0.162 e. The molecule has 6 aromatic heterocycles. The lowest BCUT2D eigenvalue weighted by atomic mass is 10.0. The highest BCUT2D eigenvalue weighted by Gasteiger charge is 2.22. The number of para-hydroxylation sites is 7. The number of methoxy groups -OCH3 is 9. The van der Waals surface area contributed by atoms with Gasteiger partial charge in [0.25, 0.3) is 0 Å². The molecule has 0 amide bonds. The average molecular weight is 1730 g/mol. The molecule has 0 bridgehead atoms. The van der Waals surface area contributed by atoms with E-state index in [1.165, 1.54) is 155 Å². The van der Waals surface area contributed by atoms with Gasteiger partial charge in [-0.2, -0.15) is 0 Å². The number of ether oxygens (including phenoxy) is 9. The van der Waals surface area contributed by atoms with Crippen LogP contribution in [0.15, 0.2) is 340 Å². The largest absolute Gasteiger partial charge is 0.497 e. The van der Waals surface area contributed by atoms with E-state index in [-0.39, 0.29) is 0 Å². The molecule has 0 unspecified atom stereocenters. The molecule has 22 aromatic rings. The van der Waals surface area contributed by atoms with Crippen LogP contribution in [0, 0.1) is 0 Å². The lowest BCUT2D eigenvalue weighted by molar-refractivity contribution is 0.355. The third-order valence-corrected chi connectivity index (χ3v) is 25.0. The first kappa shape index (κ1) is 87.6. The van der Waals surface area contributed by atoms with Gasteiger partial charge >= 0.3 is 0 Å². The van der Waals surface area contributed by atoms with Crippen LogP contribution in [0.4, 0.5) is 0 Å². The van der Waals surface area contributed by atoms with Gasteiger partial charge in [-0.3, -0.25) is 0 Å². The predicted octanol–water partition coefficient (Wildman–Crippen LogP) is 29.0. The Balaban J connectivity index is 0.000000110. The van der Waals surface area contributed by atoms with Gasteiger partial charge in [-0.05, 0) is 200 Å². The summed E-state index contributed by atoms with van der Waals surface area (Å²) in [5.74, 6) is 7.77. The SMILES string of the molecule is CCCc1ccc(-n2c3ccccc3c3cc(OC)ccc32)cc1.CCc1ccc(-n2c3ccccc3c3cc(OC)ccc32)cc1.CCn1c2ccccc2c2cc(OC)c(OC)cc21.COc1cc2c3ccccc3n(-c3ccccc3)c2cc1OC.COc1cc2c3ccccc3n(C)c2cc1OC.COc1ccc2c(c1)c1ccccc1n2-c1ccc(C(C)C)cc1. The van der Waals surface area contributed by atoms with E-state index in [0.717, 1.165) is 93.2 Å². The molecule has 22 rings (SSSR count). The van der Waals surface area contributed by atoms with Crippen LogP contribution in [0.5, 0.6) is 51.7 Å². The van der Waals surface area contributed by atoms with Crippen LogP contribution in [0.3, 0.4) is 0 Å². The Hall–Kier alpha value is -15.5. The molecule has 15 nitrogen and oxygen atoms in total. The number of nitrogens with zero attached hydrogens (tertiary/aromatic N) is 6. The summed E-state index contributed by atoms with van der Waals surface area (Å²) < 4.78 is 62.5. The van der Waals surface area contributed by atoms with E-state index in [9.17, 15) is 0 Å². The van der Waals surface area contributed by atoms with Crippen molar-refractivity contribution in [1.82, 2.24) is 27.4 Å². The summed E-state index contributed by atoms with van der Waals surface area (Å²) in [7, 11) is 17.2. The van der Waals surface area contributed by atoms with Gasteiger partial charge in [0.2, 0.25) is 0 Å². The van der Waals surface area contributed by atoms with Crippen LogP contribution in [0.1, 0.15) is 63.6 Å². The first-order valence-corrected chi connectivity index (χ1v) is 44.6. The van der Waals surface area contributed by atoms with E-state index in [1.807, 2.05) is 42.5 Å². The van der Waals surface area contributed by atoms with Crippen molar-refractivity contribution in [2.75, 3.05) is 64.0 Å². The van der Waals surface area contributed by atoms with Gasteiger partial charge in [-0.1, -0.05) is 198 Å². The zero-order valence-corrected chi connectivity index (χ0v) is 77.1. The Labute approximate surface area is 764 Å². The average Bonchev–Trinajstić information content (AvgIpc) is 1.59. The van der Waals surface area contributed by atoms with E-state index in [0.29, 0.717) is 5.92 Å². The van der Waals surface area contributed by atoms with Crippen molar-refractivity contribution in [3.8, 4) is 74.5 Å². The monoisotopic (exact) mass is 1730 g/mol. The fourth-order valence-electron chi connectivity index (χ4n) is 18.4. The Bertz CT molecular complexity index is 7830. The molecular formula is C116H110N6O9. The van der Waals surface area contributed by atoms with Crippen molar-refractivity contribution < 1.29 is 42.6 Å². The van der Waals surface area contributed by atoms with Crippen molar-refractivity contribution in [1.29, 1.82) is 0 Å². The van der Waals surface area contributed by atoms with Gasteiger partial charge in [0.05, 0.1) is 119 Å². The summed E-state index contributed by atoms with van der Waals surface area (Å²) in [5.41, 5.74) is 23.2. The Morgan fingerprint density at radius 2 is 0.511 bits per heavy atom. The summed E-state index contributed by atoms with van der Waals surface area (Å²) >= 11 is 0. The number of rotatable bonds is 18. The molecule has 16 aromatic carbocycles. The van der Waals surface area contributed by atoms with Gasteiger partial charge in [-0.15, -0.1) is 0 Å². The molecule has 6 heterocycles. The highest BCUT2D eigenvalue weighted by molar-refractivity contribution is 6.15. The van der Waals surface area contributed by atoms with E-state index < -0.39 is 0 Å². The van der Waals surface area contributed by atoms with Crippen molar-refractivity contribution in [3.05, 3.63) is 356 Å². The zero-order valence-electron chi connectivity index (χ0n) is 77.1. The molecule has 0 fully saturated rings. The van der Waals surface area contributed by atoms with E-state index in [1.54, 1.807) is 64.0 Å². The molecule has 0 N–H and O–H groups in total. The second-order valence-corrected chi connectivity index (χ2v) is 32.6. The maximum absolute atomic E-state index is 5.49. The highest BCUT2D eigenvalue weighted by Crippen LogP contribution is 2.44. The topological polar surface area (TPSA) is 113 Å². The van der Waals surface area contributed by atoms with Crippen LogP contribution in [-0.2, 0) is 26.4 Å². The normalized spacial score (nSPS) is 11.2. The van der Waals surface area contributed by atoms with Crippen LogP contribution in [-0.4, -0.2) is 91.4 Å². The number of aromatic nitrogens is 6. The fraction of sp³-hybridized carbons (Fsp3) is 0.172. The van der Waals surface area contributed by atoms with Crippen LogP contribution >= 0.6 is 0 Å². The number of aryl methyl sites for hydroxylation is 4. The third kappa shape index (κ3) is 16.9. The minimum Gasteiger partial charge on any atom is -0.497 e. The van der Waals surface area contributed by atoms with Crippen LogP contribution in [0.25, 0.3) is 154 Å². The predicted molar refractivity (Wildman–Crippen MR) is 545 cm³/mol. The Morgan fingerprint density at radius 3 is 0.878 bits per heavy atom. The maximum atomic E-state index is 5.49. The van der Waals surface area contributed by atoms with E-state index in [4.69, 9.17) is 42.6 Å². The summed E-state index contributed by atoms with van der Waals surface area (Å²) in [4.78, 5) is 0. The number of benzene rings is 16. The maximum Gasteiger partial charge on any atom is 0.162 e. The second-order valence-electron chi connectivity index (χ2n) is 32.6. The zero-order chi connectivity index (χ0) is 90.9. The molecule has 0 saturated heterocycles. The molecule has 0 aliphatic heterocycles. The minimum atomic E-state index is 0.543. The lowest BCUT2D eigenvalue weighted by Crippen LogP contribution is -1.95. The van der Waals surface area contributed by atoms with E-state index in [2.05, 4.69) is 366 Å². The second kappa shape index (κ2) is 39.0. The van der Waals surface area contributed by atoms with Gasteiger partial charge in [0.15, 0.2) is 34.5 Å². The number of hydrogen-bond acceptors (Lipinski definition) is 9. The van der Waals surface area contributed by atoms with Crippen LogP contribution in [0.2, 0.25) is 0 Å². The van der Waals surface area contributed by atoms with Gasteiger partial charge in [-0.25, -0.2) is 0 Å². The van der Waals surface area contributed by atoms with Crippen molar-refractivity contribution >= 4 is 131 Å². The highest BCUT2D eigenvalue weighted by atomic mass is 16.5. The molecule has 15 heteroatoms. The van der Waals surface area contributed by atoms with E-state index >= 15 is 0 Å². The lowest BCUT2D eigenvalue weighted by Gasteiger charge is -2.10. The summed E-state index contributed by atoms with van der Waals surface area (Å²) in [6.07, 6.45) is 3.36. The quantitative estimate of drug-likeness (QED) is 0.0829. The summed E-state index contributed by atoms with van der Waals surface area (Å²) in [5, 5.41) is 14.6. The number of hydrogen-bond donors (Lipinski definition) is 0. The molecule has 658 valence electrons. The van der Waals surface area contributed by atoms with Gasteiger partial charge in [0, 0.05) is 130 Å². The molecule has 0 radical (unpaired) electrons. The molecule has 0 aliphatic carbocycles. The standard InChI is InChI=1S/2C22H21NO.C21H19NO.C20H17NO2.C16H17NO2.C15H15NO2/c1-15(2)16-8-10-17(11-9-16)23-21-7-5-4-6-19(21)20-14-18(24-3)12-13-22(20)23;1-3-6-16-9-11-17(12-10-16)23-21-8-5-4-7-19(21)20-15-18(24-2)13-14-22(20)23;1-3-15-8-10-16(11-9-15)22-20-7-5-4-6-18(20)19-14-17(23-2)12-13-21(19)22;1-22-19-12-16-15-10-6-7-11-17(15)21(14-8-4-3-5-9-14)18(16)13-20(19)23-2;1-4-17-13-8-6-5-7-11(13)12-9-15(18-2)16(19-3)10-14(12)17;1-16-12-7-5-4-6-10(12)11-8-14(17-2)15(18-3)9-13(11)16/h4-15H,1-3H3;4-5,7-15H,3,6H2,1-2H3;4-14H,3H2,1-2H3;3-13H,1-2H3;5-10H,4H2,1-3H3;4-9H,1-3H3. The molecule has 0 saturated carbocycles.